The standard InChI is InChI=1S/C66H86N12O16S3/c1-33(2)54(76-52(80)18-21-92-23-24-93-22-20-68-61(84)38-14-17-43-45(25-38)74-47(32-97-95)46(73-43)31-96-9)63(86)75-44(11-10-19-69-65(67)88)62(85)72-39-15-12-37(13-16-39)30-94-66(89)71-36(5)60(83)70-29-50-53-42(56(81)35(4)59(91-8)57(53)82)27-48-55-41-28-51(79)58(90-7)34(3)40(41)26-49(77(55)6)64(87)78(48)50/h12-17,25,28,33,36,44,48-50,54-55,64,79,87,95H,10-11,18-24,26-27,29-32H2,1-9H3,(H,68,84)(H,70,83)(H,71,89)(H,72,85)(H,75,86)(H,76,80)(H3,67,69,88)/t36-,44-,48-,49-,50-,54-,55-,64-/m0/s1. The molecule has 31 heteroatoms. The molecule has 3 aliphatic heterocycles. The fraction of sp³-hybridized carbons (Fsp3) is 0.500. The van der Waals surface area contributed by atoms with Crippen molar-refractivity contribution in [3.63, 3.8) is 0 Å². The summed E-state index contributed by atoms with van der Waals surface area (Å²) in [6.07, 6.45) is 0.522. The summed E-state index contributed by atoms with van der Waals surface area (Å²) in [6.45, 7) is 8.69. The smallest absolute Gasteiger partial charge is 0.408 e. The summed E-state index contributed by atoms with van der Waals surface area (Å²) in [7, 11) is 5.99. The van der Waals surface area contributed by atoms with Crippen molar-refractivity contribution < 1.29 is 77.0 Å². The van der Waals surface area contributed by atoms with Crippen molar-refractivity contribution in [3.8, 4) is 11.5 Å². The summed E-state index contributed by atoms with van der Waals surface area (Å²) in [6, 6.07) is 6.39. The van der Waals surface area contributed by atoms with E-state index in [2.05, 4.69) is 48.9 Å². The molecule has 8 amide bonds. The molecule has 4 aliphatic rings. The van der Waals surface area contributed by atoms with Gasteiger partial charge in [-0.05, 0) is 124 Å². The second-order valence-electron chi connectivity index (χ2n) is 24.3. The molecule has 0 spiro atoms. The molecule has 97 heavy (non-hydrogen) atoms. The number of hydrogen-bond acceptors (Lipinski definition) is 23. The van der Waals surface area contributed by atoms with E-state index in [0.29, 0.717) is 45.8 Å². The van der Waals surface area contributed by atoms with E-state index in [1.807, 2.05) is 25.1 Å². The molecule has 11 N–H and O–H groups in total. The number of primary amides is 1. The van der Waals surface area contributed by atoms with E-state index < -0.39 is 102 Å². The van der Waals surface area contributed by atoms with Crippen LogP contribution < -0.4 is 47.7 Å². The van der Waals surface area contributed by atoms with Gasteiger partial charge in [-0.25, -0.2) is 19.6 Å². The number of anilines is 1. The number of likely N-dealkylation sites (N-methyl/N-ethyl adjacent to an activating group) is 1. The van der Waals surface area contributed by atoms with Crippen LogP contribution in [0.1, 0.15) is 103 Å². The molecule has 0 saturated carbocycles. The topological polar surface area (TPSA) is 383 Å². The number of piperazine rings is 1. The number of phenolic OH excluding ortho intramolecular Hbond substituents is 1. The third-order valence-corrected chi connectivity index (χ3v) is 19.0. The lowest BCUT2D eigenvalue weighted by atomic mass is 9.70. The van der Waals surface area contributed by atoms with Gasteiger partial charge in [0.25, 0.3) is 5.91 Å². The van der Waals surface area contributed by atoms with E-state index in [0.717, 1.165) is 33.8 Å². The van der Waals surface area contributed by atoms with Crippen molar-refractivity contribution in [1.82, 2.24) is 51.7 Å². The normalized spacial score (nSPS) is 19.2. The van der Waals surface area contributed by atoms with Gasteiger partial charge in [0, 0.05) is 71.6 Å². The summed E-state index contributed by atoms with van der Waals surface area (Å²) in [4.78, 5) is 134. The van der Waals surface area contributed by atoms with Gasteiger partial charge in [0.1, 0.15) is 31.0 Å². The van der Waals surface area contributed by atoms with E-state index in [4.69, 9.17) is 39.4 Å². The van der Waals surface area contributed by atoms with Crippen LogP contribution in [0.5, 0.6) is 11.5 Å². The number of carbonyl (C=O) groups is 9. The van der Waals surface area contributed by atoms with Crippen LogP contribution in [0.4, 0.5) is 15.3 Å². The van der Waals surface area contributed by atoms with Gasteiger partial charge >= 0.3 is 12.1 Å². The summed E-state index contributed by atoms with van der Waals surface area (Å²) in [5, 5.41) is 42.3. The molecular formula is C66H86N12O16S3. The number of hydrogen-bond donors (Lipinski definition) is 11. The minimum Gasteiger partial charge on any atom is -0.504 e. The predicted molar refractivity (Wildman–Crippen MR) is 366 cm³/mol. The Morgan fingerprint density at radius 2 is 1.52 bits per heavy atom. The number of amides is 8. The molecule has 3 aromatic carbocycles. The first-order chi connectivity index (χ1) is 46.4. The van der Waals surface area contributed by atoms with Crippen LogP contribution in [0.25, 0.3) is 11.0 Å². The number of rotatable bonds is 32. The number of nitrogens with zero attached hydrogens (tertiary/aromatic N) is 4. The minimum atomic E-state index is -1.19. The maximum atomic E-state index is 14.3. The van der Waals surface area contributed by atoms with Gasteiger partial charge in [-0.15, -0.1) is 11.7 Å². The molecule has 0 radical (unpaired) electrons. The van der Waals surface area contributed by atoms with Crippen LogP contribution in [0.2, 0.25) is 0 Å². The fourth-order valence-electron chi connectivity index (χ4n) is 12.7. The number of thiol groups is 1. The van der Waals surface area contributed by atoms with Crippen molar-refractivity contribution in [2.45, 2.75) is 133 Å². The van der Waals surface area contributed by atoms with Gasteiger partial charge < -0.3 is 76.8 Å². The number of methoxy groups -OCH3 is 2. The highest BCUT2D eigenvalue weighted by atomic mass is 33.1. The molecule has 4 aromatic rings. The number of carbonyl (C=O) groups excluding carboxylic acids is 9. The molecule has 0 unspecified atom stereocenters. The lowest BCUT2D eigenvalue weighted by Gasteiger charge is -2.60. The zero-order valence-electron chi connectivity index (χ0n) is 55.7. The number of benzene rings is 3. The third kappa shape index (κ3) is 18.0. The van der Waals surface area contributed by atoms with Gasteiger partial charge in [0.15, 0.2) is 23.0 Å². The number of aliphatic hydroxyl groups excluding tert-OH is 1. The summed E-state index contributed by atoms with van der Waals surface area (Å²) < 4.78 is 27.6. The number of aromatic nitrogens is 2. The Morgan fingerprint density at radius 1 is 0.804 bits per heavy atom. The summed E-state index contributed by atoms with van der Waals surface area (Å²) >= 11 is 5.92. The average molecular weight is 1400 g/mol. The first-order valence-electron chi connectivity index (χ1n) is 31.8. The highest BCUT2D eigenvalue weighted by Crippen LogP contribution is 2.52. The number of urea groups is 1. The van der Waals surface area contributed by atoms with Gasteiger partial charge in [-0.1, -0.05) is 36.8 Å². The maximum Gasteiger partial charge on any atom is 0.408 e. The highest BCUT2D eigenvalue weighted by molar-refractivity contribution is 8.68. The van der Waals surface area contributed by atoms with Crippen molar-refractivity contribution in [3.05, 3.63) is 110 Å². The van der Waals surface area contributed by atoms with Gasteiger partial charge in [0.2, 0.25) is 29.4 Å². The van der Waals surface area contributed by atoms with Gasteiger partial charge in [0.05, 0.1) is 81.2 Å². The number of nitrogens with one attached hydrogen (secondary N) is 7. The number of aliphatic hydroxyl groups is 1. The van der Waals surface area contributed by atoms with Crippen LogP contribution in [0, 0.1) is 12.8 Å². The second-order valence-corrected chi connectivity index (χ2v) is 26.5. The number of allylic oxidation sites excluding steroid dienone is 2. The van der Waals surface area contributed by atoms with Crippen molar-refractivity contribution in [2.75, 3.05) is 78.9 Å². The number of aromatic hydroxyl groups is 1. The molecule has 8 atom stereocenters. The van der Waals surface area contributed by atoms with E-state index in [1.54, 1.807) is 79.0 Å². The first kappa shape index (κ1) is 74.7. The Bertz CT molecular complexity index is 3690. The Hall–Kier alpha value is -8.04. The Morgan fingerprint density at radius 3 is 2.20 bits per heavy atom. The van der Waals surface area contributed by atoms with Crippen molar-refractivity contribution in [1.29, 1.82) is 0 Å². The largest absolute Gasteiger partial charge is 0.504 e. The molecule has 1 saturated heterocycles. The van der Waals surface area contributed by atoms with Crippen LogP contribution >= 0.6 is 34.2 Å². The quantitative estimate of drug-likeness (QED) is 0.0143. The first-order valence-corrected chi connectivity index (χ1v) is 35.2. The predicted octanol–water partition coefficient (Wildman–Crippen LogP) is 3.93. The number of fused-ring (bicyclic) bond motifs is 7. The van der Waals surface area contributed by atoms with E-state index in [1.165, 1.54) is 38.9 Å². The summed E-state index contributed by atoms with van der Waals surface area (Å²) in [5.41, 5.74) is 12.4. The molecule has 1 aromatic heterocycles. The zero-order valence-corrected chi connectivity index (χ0v) is 58.2. The SMILES string of the molecule is COC1=C(C)C(=O)C2=C(C1=O)[C@H](CNC(=O)[C@H](C)NC(=O)OCc1ccc(NC(=O)[C@H](CCCNC(N)=O)NC(=O)[C@@H](NC(=O)CCOCCOCCNC(=O)c3ccc4nc(CSC)c(CSS)nc4c3)C(C)C)cc1)N1[C@@H](O)[C@@H]3Cc4c(cc(O)c(OC)c4C)[C@@H]([C@@H]1C2)N3C. The molecular weight excluding hydrogens is 1310 g/mol. The monoisotopic (exact) mass is 1400 g/mol. The number of ketones is 2. The number of ether oxygens (including phenoxy) is 5. The summed E-state index contributed by atoms with van der Waals surface area (Å²) in [5.74, 6) is -2.57. The maximum absolute atomic E-state index is 14.3. The third-order valence-electron chi connectivity index (χ3n) is 17.6. The molecule has 28 nitrogen and oxygen atoms in total. The van der Waals surface area contributed by atoms with Crippen LogP contribution in [-0.4, -0.2) is 199 Å². The lowest BCUT2D eigenvalue weighted by molar-refractivity contribution is -0.167. The fourth-order valence-corrected chi connectivity index (χ4v) is 13.9. The van der Waals surface area contributed by atoms with E-state index in [-0.39, 0.29) is 112 Å². The highest BCUT2D eigenvalue weighted by Gasteiger charge is 2.57. The van der Waals surface area contributed by atoms with Crippen LogP contribution in [-0.2, 0) is 72.2 Å². The molecule has 1 fully saturated rings. The number of thioether (sulfide) groups is 1. The Kier molecular flexibility index (Phi) is 26.5. The number of Topliss-reactive ketones (excluding diaryl/α,β-unsaturated/α-hetero) is 2. The van der Waals surface area contributed by atoms with Crippen molar-refractivity contribution >= 4 is 104 Å². The van der Waals surface area contributed by atoms with E-state index >= 15 is 0 Å². The van der Waals surface area contributed by atoms with Gasteiger partial charge in [-0.3, -0.25) is 43.4 Å². The van der Waals surface area contributed by atoms with Crippen LogP contribution in [0.15, 0.2) is 71.0 Å². The zero-order chi connectivity index (χ0) is 70.4. The molecule has 8 rings (SSSR count). The Balaban J connectivity index is 0.786. The molecule has 4 heterocycles. The van der Waals surface area contributed by atoms with Crippen molar-refractivity contribution in [2.24, 2.45) is 11.7 Å². The minimum absolute atomic E-state index is 0.0213. The molecule has 524 valence electrons. The van der Waals surface area contributed by atoms with E-state index in [9.17, 15) is 53.4 Å². The van der Waals surface area contributed by atoms with Gasteiger partial charge in [-0.2, -0.15) is 11.8 Å². The Labute approximate surface area is 575 Å². The number of nitrogens with two attached hydrogens (primary N) is 1. The number of alkyl carbamates (subject to hydrolysis) is 1. The average Bonchev–Trinajstić information content (AvgIpc) is 0.704. The lowest BCUT2D eigenvalue weighted by Crippen LogP contribution is -2.71. The molecule has 2 bridgehead atoms. The molecule has 1 aliphatic carbocycles. The number of phenols is 1. The van der Waals surface area contributed by atoms with Crippen LogP contribution in [0.3, 0.4) is 0 Å². The second kappa shape index (κ2) is 34.4.